The number of rotatable bonds is 12. The zero-order valence-corrected chi connectivity index (χ0v) is 22.4. The van der Waals surface area contributed by atoms with E-state index in [-0.39, 0.29) is 12.1 Å². The van der Waals surface area contributed by atoms with E-state index in [1.54, 1.807) is 30.3 Å². The molecule has 0 aliphatic rings. The van der Waals surface area contributed by atoms with Crippen LogP contribution in [0.25, 0.3) is 0 Å². The summed E-state index contributed by atoms with van der Waals surface area (Å²) in [6.45, 7) is 0.880. The van der Waals surface area contributed by atoms with Crippen LogP contribution in [0, 0.1) is 0 Å². The SMILES string of the molecule is O=C(/C=C(/Cc1ccccc1)NC(=O)C(F)(F)F)[C@H](Cc1ccccc1)N(Cc1ccccc1)Cc1ccccc1. The molecule has 1 amide bonds. The molecule has 41 heavy (non-hydrogen) atoms. The Balaban J connectivity index is 1.73. The number of allylic oxidation sites excluding steroid dienone is 1. The van der Waals surface area contributed by atoms with Crippen molar-refractivity contribution in [1.82, 2.24) is 10.2 Å². The third-order valence-electron chi connectivity index (χ3n) is 6.58. The monoisotopic (exact) mass is 556 g/mol. The fraction of sp³-hybridized carbons (Fsp3) is 0.176. The fourth-order valence-electron chi connectivity index (χ4n) is 4.59. The summed E-state index contributed by atoms with van der Waals surface area (Å²) in [5.74, 6) is -2.51. The number of carbonyl (C=O) groups is 2. The maximum Gasteiger partial charge on any atom is 0.471 e. The third-order valence-corrected chi connectivity index (χ3v) is 6.58. The first-order valence-corrected chi connectivity index (χ1v) is 13.3. The van der Waals surface area contributed by atoms with Crippen molar-refractivity contribution in [3.63, 3.8) is 0 Å². The molecular formula is C34H31F3N2O2. The number of nitrogens with one attached hydrogen (secondary N) is 1. The van der Waals surface area contributed by atoms with Gasteiger partial charge in [0.25, 0.3) is 0 Å². The molecule has 0 saturated heterocycles. The molecule has 0 radical (unpaired) electrons. The first-order valence-electron chi connectivity index (χ1n) is 13.3. The number of hydrogen-bond donors (Lipinski definition) is 1. The largest absolute Gasteiger partial charge is 0.471 e. The van der Waals surface area contributed by atoms with Gasteiger partial charge in [0.2, 0.25) is 0 Å². The van der Waals surface area contributed by atoms with Gasteiger partial charge in [-0.2, -0.15) is 13.2 Å². The lowest BCUT2D eigenvalue weighted by Gasteiger charge is -2.31. The van der Waals surface area contributed by atoms with Crippen LogP contribution in [0.3, 0.4) is 0 Å². The smallest absolute Gasteiger partial charge is 0.321 e. The van der Waals surface area contributed by atoms with Crippen LogP contribution in [0.1, 0.15) is 22.3 Å². The van der Waals surface area contributed by atoms with E-state index < -0.39 is 23.9 Å². The third kappa shape index (κ3) is 9.29. The van der Waals surface area contributed by atoms with Gasteiger partial charge in [-0.3, -0.25) is 14.5 Å². The molecule has 1 N–H and O–H groups in total. The minimum Gasteiger partial charge on any atom is -0.321 e. The van der Waals surface area contributed by atoms with E-state index >= 15 is 0 Å². The molecule has 0 aliphatic carbocycles. The topological polar surface area (TPSA) is 49.4 Å². The molecule has 1 atom stereocenters. The van der Waals surface area contributed by atoms with Gasteiger partial charge in [0.15, 0.2) is 5.78 Å². The standard InChI is InChI=1S/C34H31F3N2O2/c35-34(36,37)33(41)38-30(21-26-13-5-1-6-14-26)23-32(40)31(22-27-15-7-2-8-16-27)39(24-28-17-9-3-10-18-28)25-29-19-11-4-12-20-29/h1-20,23,31H,21-22,24-25H2,(H,38,41)/b30-23-/t31-/m0/s1. The van der Waals surface area contributed by atoms with E-state index in [0.717, 1.165) is 22.8 Å². The molecule has 0 unspecified atom stereocenters. The first kappa shape index (κ1) is 29.5. The predicted molar refractivity (Wildman–Crippen MR) is 153 cm³/mol. The molecule has 4 rings (SSSR count). The Bertz CT molecular complexity index is 1380. The van der Waals surface area contributed by atoms with Gasteiger partial charge in [-0.15, -0.1) is 0 Å². The molecule has 4 aromatic carbocycles. The van der Waals surface area contributed by atoms with Crippen molar-refractivity contribution in [3.05, 3.63) is 155 Å². The van der Waals surface area contributed by atoms with E-state index in [1.165, 1.54) is 0 Å². The van der Waals surface area contributed by atoms with E-state index in [1.807, 2.05) is 101 Å². The highest BCUT2D eigenvalue weighted by atomic mass is 19.4. The summed E-state index contributed by atoms with van der Waals surface area (Å²) in [4.78, 5) is 28.0. The Morgan fingerprint density at radius 3 is 1.51 bits per heavy atom. The average molecular weight is 557 g/mol. The summed E-state index contributed by atoms with van der Waals surface area (Å²) in [6, 6.07) is 37.0. The minimum atomic E-state index is -5.09. The van der Waals surface area contributed by atoms with E-state index in [2.05, 4.69) is 0 Å². The molecule has 4 aromatic rings. The second-order valence-electron chi connectivity index (χ2n) is 9.77. The van der Waals surface area contributed by atoms with Crippen LogP contribution in [0.15, 0.2) is 133 Å². The number of alkyl halides is 3. The highest BCUT2D eigenvalue weighted by molar-refractivity contribution is 5.96. The number of halogens is 3. The lowest BCUT2D eigenvalue weighted by atomic mass is 9.97. The predicted octanol–water partition coefficient (Wildman–Crippen LogP) is 6.67. The normalized spacial score (nSPS) is 12.6. The number of hydrogen-bond acceptors (Lipinski definition) is 3. The van der Waals surface area contributed by atoms with Crippen LogP contribution >= 0.6 is 0 Å². The molecule has 7 heteroatoms. The second-order valence-corrected chi connectivity index (χ2v) is 9.77. The van der Waals surface area contributed by atoms with Crippen molar-refractivity contribution in [2.45, 2.75) is 38.1 Å². The Kier molecular flexibility index (Phi) is 10.2. The van der Waals surface area contributed by atoms with Crippen LogP contribution in [0.2, 0.25) is 0 Å². The average Bonchev–Trinajstić information content (AvgIpc) is 2.97. The lowest BCUT2D eigenvalue weighted by Crippen LogP contribution is -2.42. The van der Waals surface area contributed by atoms with E-state index in [0.29, 0.717) is 25.1 Å². The van der Waals surface area contributed by atoms with Crippen molar-refractivity contribution in [3.8, 4) is 0 Å². The molecule has 0 spiro atoms. The van der Waals surface area contributed by atoms with Crippen LogP contribution in [-0.4, -0.2) is 28.8 Å². The van der Waals surface area contributed by atoms with Crippen molar-refractivity contribution < 1.29 is 22.8 Å². The minimum absolute atomic E-state index is 0.0379. The van der Waals surface area contributed by atoms with Gasteiger partial charge in [-0.25, -0.2) is 0 Å². The Labute approximate surface area is 238 Å². The second kappa shape index (κ2) is 14.2. The molecule has 210 valence electrons. The summed E-state index contributed by atoms with van der Waals surface area (Å²) < 4.78 is 39.6. The highest BCUT2D eigenvalue weighted by Gasteiger charge is 2.39. The lowest BCUT2D eigenvalue weighted by molar-refractivity contribution is -0.172. The number of nitrogens with zero attached hydrogens (tertiary/aromatic N) is 1. The molecular weight excluding hydrogens is 525 g/mol. The molecule has 4 nitrogen and oxygen atoms in total. The van der Waals surface area contributed by atoms with Crippen molar-refractivity contribution >= 4 is 11.7 Å². The number of ketones is 1. The van der Waals surface area contributed by atoms with Crippen molar-refractivity contribution in [2.24, 2.45) is 0 Å². The molecule has 0 saturated carbocycles. The summed E-state index contributed by atoms with van der Waals surface area (Å²) >= 11 is 0. The van der Waals surface area contributed by atoms with Gasteiger partial charge in [-0.1, -0.05) is 121 Å². The maximum atomic E-state index is 14.1. The number of amides is 1. The van der Waals surface area contributed by atoms with Gasteiger partial charge in [0.05, 0.1) is 6.04 Å². The maximum absolute atomic E-state index is 14.1. The zero-order valence-electron chi connectivity index (χ0n) is 22.4. The number of benzene rings is 4. The molecule has 0 bridgehead atoms. The van der Waals surface area contributed by atoms with Gasteiger partial charge in [0, 0.05) is 31.3 Å². The van der Waals surface area contributed by atoms with Gasteiger partial charge in [-0.05, 0) is 28.7 Å². The first-order chi connectivity index (χ1) is 19.8. The van der Waals surface area contributed by atoms with Crippen LogP contribution < -0.4 is 5.32 Å². The van der Waals surface area contributed by atoms with E-state index in [4.69, 9.17) is 0 Å². The summed E-state index contributed by atoms with van der Waals surface area (Å²) in [5, 5.41) is 1.95. The molecule has 0 fully saturated rings. The summed E-state index contributed by atoms with van der Waals surface area (Å²) in [6.07, 6.45) is -3.63. The molecule has 0 aromatic heterocycles. The quantitative estimate of drug-likeness (QED) is 0.198. The Morgan fingerprint density at radius 1 is 0.659 bits per heavy atom. The van der Waals surface area contributed by atoms with Crippen molar-refractivity contribution in [2.75, 3.05) is 0 Å². The van der Waals surface area contributed by atoms with Crippen LogP contribution in [-0.2, 0) is 35.5 Å². The molecule has 0 aliphatic heterocycles. The van der Waals surface area contributed by atoms with Crippen LogP contribution in [0.4, 0.5) is 13.2 Å². The zero-order chi connectivity index (χ0) is 29.1. The van der Waals surface area contributed by atoms with Crippen molar-refractivity contribution in [1.29, 1.82) is 0 Å². The number of carbonyl (C=O) groups excluding carboxylic acids is 2. The van der Waals surface area contributed by atoms with Gasteiger partial charge >= 0.3 is 12.1 Å². The van der Waals surface area contributed by atoms with Gasteiger partial charge < -0.3 is 5.32 Å². The van der Waals surface area contributed by atoms with E-state index in [9.17, 15) is 22.8 Å². The van der Waals surface area contributed by atoms with Crippen LogP contribution in [0.5, 0.6) is 0 Å². The highest BCUT2D eigenvalue weighted by Crippen LogP contribution is 2.20. The van der Waals surface area contributed by atoms with Gasteiger partial charge in [0.1, 0.15) is 0 Å². The summed E-state index contributed by atoms with van der Waals surface area (Å²) in [7, 11) is 0. The Hall–Kier alpha value is -4.49. The summed E-state index contributed by atoms with van der Waals surface area (Å²) in [5.41, 5.74) is 3.45. The molecule has 0 heterocycles. The Morgan fingerprint density at radius 2 is 1.07 bits per heavy atom. The fourth-order valence-corrected chi connectivity index (χ4v) is 4.59.